The van der Waals surface area contributed by atoms with Crippen molar-refractivity contribution in [3.05, 3.63) is 42.5 Å². The molecule has 1 saturated heterocycles. The number of anilines is 3. The molecule has 0 spiro atoms. The average Bonchev–Trinajstić information content (AvgIpc) is 2.55. The molecule has 0 radical (unpaired) electrons. The lowest BCUT2D eigenvalue weighted by atomic mass is 10.2. The van der Waals surface area contributed by atoms with Gasteiger partial charge in [-0.2, -0.15) is 4.98 Å². The van der Waals surface area contributed by atoms with Gasteiger partial charge in [0.25, 0.3) is 0 Å². The highest BCUT2D eigenvalue weighted by atomic mass is 16.5. The van der Waals surface area contributed by atoms with Crippen molar-refractivity contribution in [1.29, 1.82) is 0 Å². The fraction of sp³-hybridized carbons (Fsp3) is 0.312. The summed E-state index contributed by atoms with van der Waals surface area (Å²) < 4.78 is 5.19. The molecule has 1 aliphatic rings. The molecular formula is C16H20N4O. The lowest BCUT2D eigenvalue weighted by Gasteiger charge is -2.36. The van der Waals surface area contributed by atoms with E-state index in [-0.39, 0.29) is 0 Å². The Morgan fingerprint density at radius 3 is 2.43 bits per heavy atom. The number of rotatable bonds is 3. The van der Waals surface area contributed by atoms with Gasteiger partial charge in [-0.3, -0.25) is 0 Å². The quantitative estimate of drug-likeness (QED) is 0.874. The first-order chi connectivity index (χ1) is 10.3. The van der Waals surface area contributed by atoms with Gasteiger partial charge in [-0.25, -0.2) is 0 Å². The zero-order valence-electron chi connectivity index (χ0n) is 12.2. The van der Waals surface area contributed by atoms with E-state index in [0.29, 0.717) is 5.88 Å². The summed E-state index contributed by atoms with van der Waals surface area (Å²) in [7, 11) is 1.64. The Bertz CT molecular complexity index is 609. The van der Waals surface area contributed by atoms with Crippen molar-refractivity contribution in [2.75, 3.05) is 48.8 Å². The number of nitrogens with zero attached hydrogens (tertiary/aromatic N) is 3. The van der Waals surface area contributed by atoms with Gasteiger partial charge in [0, 0.05) is 43.6 Å². The van der Waals surface area contributed by atoms with Crippen LogP contribution in [0.5, 0.6) is 5.88 Å². The summed E-state index contributed by atoms with van der Waals surface area (Å²) in [5, 5.41) is 0. The van der Waals surface area contributed by atoms with E-state index in [0.717, 1.165) is 37.7 Å². The Kier molecular flexibility index (Phi) is 3.81. The molecule has 3 rings (SSSR count). The lowest BCUT2D eigenvalue weighted by molar-refractivity contribution is 0.397. The van der Waals surface area contributed by atoms with Crippen LogP contribution in [0.3, 0.4) is 0 Å². The number of nitrogens with two attached hydrogens (primary N) is 1. The molecule has 21 heavy (non-hydrogen) atoms. The van der Waals surface area contributed by atoms with Crippen LogP contribution in [0.15, 0.2) is 42.5 Å². The van der Waals surface area contributed by atoms with E-state index in [1.807, 2.05) is 36.4 Å². The maximum absolute atomic E-state index is 5.85. The van der Waals surface area contributed by atoms with Crippen LogP contribution in [0.25, 0.3) is 0 Å². The Hall–Kier alpha value is -2.43. The molecular weight excluding hydrogens is 264 g/mol. The Balaban J connectivity index is 1.67. The van der Waals surface area contributed by atoms with Crippen LogP contribution < -0.4 is 20.3 Å². The number of methoxy groups -OCH3 is 1. The Morgan fingerprint density at radius 1 is 1.00 bits per heavy atom. The Labute approximate surface area is 125 Å². The second-order valence-electron chi connectivity index (χ2n) is 5.11. The fourth-order valence-corrected chi connectivity index (χ4v) is 2.61. The molecule has 0 saturated carbocycles. The van der Waals surface area contributed by atoms with Crippen LogP contribution in [-0.4, -0.2) is 38.3 Å². The van der Waals surface area contributed by atoms with Crippen LogP contribution in [0, 0.1) is 0 Å². The zero-order valence-corrected chi connectivity index (χ0v) is 12.2. The summed E-state index contributed by atoms with van der Waals surface area (Å²) in [6, 6.07) is 13.9. The highest BCUT2D eigenvalue weighted by Crippen LogP contribution is 2.22. The molecule has 1 aromatic heterocycles. The molecule has 1 aliphatic heterocycles. The van der Waals surface area contributed by atoms with Crippen molar-refractivity contribution >= 4 is 17.2 Å². The fourth-order valence-electron chi connectivity index (χ4n) is 2.61. The van der Waals surface area contributed by atoms with E-state index in [1.54, 1.807) is 7.11 Å². The molecule has 110 valence electrons. The van der Waals surface area contributed by atoms with Crippen LogP contribution in [0.1, 0.15) is 0 Å². The smallest absolute Gasteiger partial charge is 0.214 e. The highest BCUT2D eigenvalue weighted by molar-refractivity contribution is 5.57. The van der Waals surface area contributed by atoms with E-state index in [9.17, 15) is 0 Å². The summed E-state index contributed by atoms with van der Waals surface area (Å²) >= 11 is 0. The third-order valence-corrected chi connectivity index (χ3v) is 3.76. The normalized spacial score (nSPS) is 15.1. The number of ether oxygens (including phenoxy) is 1. The Morgan fingerprint density at radius 2 is 1.71 bits per heavy atom. The van der Waals surface area contributed by atoms with Gasteiger partial charge in [0.05, 0.1) is 7.11 Å². The van der Waals surface area contributed by atoms with Crippen molar-refractivity contribution < 1.29 is 4.74 Å². The standard InChI is InChI=1S/C16H20N4O/c1-21-16-7-3-6-15(18-16)20-10-8-19(9-11-20)14-5-2-4-13(17)12-14/h2-7,12H,8-11,17H2,1H3. The van der Waals surface area contributed by atoms with Gasteiger partial charge < -0.3 is 20.3 Å². The van der Waals surface area contributed by atoms with E-state index in [2.05, 4.69) is 20.9 Å². The lowest BCUT2D eigenvalue weighted by Crippen LogP contribution is -2.46. The molecule has 0 unspecified atom stereocenters. The van der Waals surface area contributed by atoms with Crippen molar-refractivity contribution in [2.24, 2.45) is 0 Å². The molecule has 0 aliphatic carbocycles. The third kappa shape index (κ3) is 3.02. The molecule has 5 nitrogen and oxygen atoms in total. The van der Waals surface area contributed by atoms with E-state index >= 15 is 0 Å². The van der Waals surface area contributed by atoms with E-state index < -0.39 is 0 Å². The van der Waals surface area contributed by atoms with Gasteiger partial charge >= 0.3 is 0 Å². The largest absolute Gasteiger partial charge is 0.481 e. The number of pyridine rings is 1. The number of nitrogen functional groups attached to an aromatic ring is 1. The van der Waals surface area contributed by atoms with Gasteiger partial charge in [0.1, 0.15) is 5.82 Å². The minimum absolute atomic E-state index is 0.658. The summed E-state index contributed by atoms with van der Waals surface area (Å²) in [5.74, 6) is 1.63. The van der Waals surface area contributed by atoms with Crippen molar-refractivity contribution in [2.45, 2.75) is 0 Å². The predicted octanol–water partition coefficient (Wildman–Crippen LogP) is 2.00. The molecule has 1 fully saturated rings. The number of benzene rings is 1. The topological polar surface area (TPSA) is 54.6 Å². The van der Waals surface area contributed by atoms with Gasteiger partial charge in [0.2, 0.25) is 5.88 Å². The van der Waals surface area contributed by atoms with Crippen LogP contribution >= 0.6 is 0 Å². The maximum Gasteiger partial charge on any atom is 0.214 e. The highest BCUT2D eigenvalue weighted by Gasteiger charge is 2.18. The predicted molar refractivity (Wildman–Crippen MR) is 86.1 cm³/mol. The number of hydrogen-bond acceptors (Lipinski definition) is 5. The van der Waals surface area contributed by atoms with Gasteiger partial charge in [-0.05, 0) is 24.3 Å². The molecule has 2 aromatic rings. The van der Waals surface area contributed by atoms with Crippen molar-refractivity contribution in [3.63, 3.8) is 0 Å². The van der Waals surface area contributed by atoms with Crippen LogP contribution in [-0.2, 0) is 0 Å². The summed E-state index contributed by atoms with van der Waals surface area (Å²) in [6.07, 6.45) is 0. The molecule has 0 amide bonds. The van der Waals surface area contributed by atoms with Gasteiger partial charge in [0.15, 0.2) is 0 Å². The number of hydrogen-bond donors (Lipinski definition) is 1. The van der Waals surface area contributed by atoms with Crippen LogP contribution in [0.2, 0.25) is 0 Å². The molecule has 1 aromatic carbocycles. The molecule has 0 bridgehead atoms. The number of aromatic nitrogens is 1. The molecule has 2 heterocycles. The van der Waals surface area contributed by atoms with Crippen LogP contribution in [0.4, 0.5) is 17.2 Å². The zero-order chi connectivity index (χ0) is 14.7. The summed E-state index contributed by atoms with van der Waals surface area (Å²) in [5.41, 5.74) is 7.85. The van der Waals surface area contributed by atoms with E-state index in [4.69, 9.17) is 10.5 Å². The third-order valence-electron chi connectivity index (χ3n) is 3.76. The molecule has 0 atom stereocenters. The first kappa shape index (κ1) is 13.5. The van der Waals surface area contributed by atoms with Crippen molar-refractivity contribution in [3.8, 4) is 5.88 Å². The molecule has 5 heteroatoms. The first-order valence-corrected chi connectivity index (χ1v) is 7.13. The van der Waals surface area contributed by atoms with E-state index in [1.165, 1.54) is 5.69 Å². The summed E-state index contributed by atoms with van der Waals surface area (Å²) in [6.45, 7) is 3.80. The van der Waals surface area contributed by atoms with Gasteiger partial charge in [-0.1, -0.05) is 12.1 Å². The average molecular weight is 284 g/mol. The first-order valence-electron chi connectivity index (χ1n) is 7.13. The summed E-state index contributed by atoms with van der Waals surface area (Å²) in [4.78, 5) is 9.13. The SMILES string of the molecule is COc1cccc(N2CCN(c3cccc(N)c3)CC2)n1. The minimum atomic E-state index is 0.658. The monoisotopic (exact) mass is 284 g/mol. The van der Waals surface area contributed by atoms with Gasteiger partial charge in [-0.15, -0.1) is 0 Å². The second kappa shape index (κ2) is 5.91. The second-order valence-corrected chi connectivity index (χ2v) is 5.11. The minimum Gasteiger partial charge on any atom is -0.481 e. The molecule has 2 N–H and O–H groups in total. The van der Waals surface area contributed by atoms with Crippen molar-refractivity contribution in [1.82, 2.24) is 4.98 Å². The maximum atomic E-state index is 5.85. The number of piperazine rings is 1.